The van der Waals surface area contributed by atoms with Crippen molar-refractivity contribution in [2.24, 2.45) is 0 Å². The summed E-state index contributed by atoms with van der Waals surface area (Å²) in [5.74, 6) is 1.68. The van der Waals surface area contributed by atoms with Crippen LogP contribution < -0.4 is 29.7 Å². The quantitative estimate of drug-likeness (QED) is 0.607. The van der Waals surface area contributed by atoms with Gasteiger partial charge in [0.15, 0.2) is 24.1 Å². The van der Waals surface area contributed by atoms with Crippen LogP contribution in [-0.2, 0) is 9.59 Å². The highest BCUT2D eigenvalue weighted by Gasteiger charge is 2.26. The van der Waals surface area contributed by atoms with Crippen molar-refractivity contribution in [2.75, 3.05) is 44.0 Å². The van der Waals surface area contributed by atoms with Gasteiger partial charge >= 0.3 is 0 Å². The molecule has 30 heavy (non-hydrogen) atoms. The maximum Gasteiger partial charge on any atom is 0.282 e. The lowest BCUT2D eigenvalue weighted by atomic mass is 10.2. The molecule has 8 nitrogen and oxygen atoms in total. The molecule has 2 aromatic carbocycles. The molecule has 1 unspecified atom stereocenters. The largest absolute Gasteiger partial charge is 0.497 e. The molecule has 0 bridgehead atoms. The average Bonchev–Trinajstić information content (AvgIpc) is 2.77. The van der Waals surface area contributed by atoms with Crippen LogP contribution in [0.15, 0.2) is 42.5 Å². The zero-order chi connectivity index (χ0) is 21.5. The predicted octanol–water partition coefficient (Wildman–Crippen LogP) is 1.34. The number of quaternary nitrogens is 1. The lowest BCUT2D eigenvalue weighted by Crippen LogP contribution is -3.17. The maximum atomic E-state index is 12.7. The number of amides is 2. The Bertz CT molecular complexity index is 885. The van der Waals surface area contributed by atoms with Crippen molar-refractivity contribution in [1.29, 1.82) is 0 Å². The highest BCUT2D eigenvalue weighted by atomic mass is 16.6. The minimum atomic E-state index is -0.412. The summed E-state index contributed by atoms with van der Waals surface area (Å²) in [6, 6.07) is 12.0. The monoisotopic (exact) mass is 414 g/mol. The second-order valence-corrected chi connectivity index (χ2v) is 7.03. The number of hydrogen-bond acceptors (Lipinski definition) is 5. The number of nitrogens with one attached hydrogen (secondary N) is 3. The molecule has 0 spiro atoms. The first-order chi connectivity index (χ1) is 14.5. The van der Waals surface area contributed by atoms with Crippen molar-refractivity contribution in [1.82, 2.24) is 0 Å². The first-order valence-corrected chi connectivity index (χ1v) is 9.99. The van der Waals surface area contributed by atoms with Gasteiger partial charge in [-0.25, -0.2) is 0 Å². The summed E-state index contributed by atoms with van der Waals surface area (Å²) < 4.78 is 16.2. The Morgan fingerprint density at radius 2 is 1.70 bits per heavy atom. The zero-order valence-corrected chi connectivity index (χ0v) is 17.5. The lowest BCUT2D eigenvalue weighted by molar-refractivity contribution is -0.904. The van der Waals surface area contributed by atoms with Gasteiger partial charge in [0.05, 0.1) is 13.7 Å². The number of methoxy groups -OCH3 is 1. The van der Waals surface area contributed by atoms with E-state index in [9.17, 15) is 9.59 Å². The number of rotatable bonds is 8. The highest BCUT2D eigenvalue weighted by molar-refractivity contribution is 5.95. The molecule has 0 saturated heterocycles. The average molecular weight is 414 g/mol. The van der Waals surface area contributed by atoms with Crippen LogP contribution in [0.4, 0.5) is 11.4 Å². The van der Waals surface area contributed by atoms with E-state index in [0.29, 0.717) is 42.6 Å². The molecule has 3 N–H and O–H groups in total. The van der Waals surface area contributed by atoms with E-state index in [1.54, 1.807) is 49.6 Å². The molecule has 1 aliphatic heterocycles. The molecule has 0 aromatic heterocycles. The Morgan fingerprint density at radius 1 is 1.03 bits per heavy atom. The molecule has 2 amide bonds. The fourth-order valence-corrected chi connectivity index (χ4v) is 3.23. The number of carbonyl (C=O) groups is 2. The van der Waals surface area contributed by atoms with E-state index in [-0.39, 0.29) is 18.4 Å². The first kappa shape index (κ1) is 21.4. The summed E-state index contributed by atoms with van der Waals surface area (Å²) in [7, 11) is 1.59. The summed E-state index contributed by atoms with van der Waals surface area (Å²) in [5, 5.41) is 5.76. The smallest absolute Gasteiger partial charge is 0.282 e. The molecule has 0 fully saturated rings. The third kappa shape index (κ3) is 5.42. The van der Waals surface area contributed by atoms with Crippen molar-refractivity contribution >= 4 is 23.2 Å². The molecule has 0 radical (unpaired) electrons. The Hall–Kier alpha value is -3.26. The second-order valence-electron chi connectivity index (χ2n) is 7.03. The zero-order valence-electron chi connectivity index (χ0n) is 17.5. The van der Waals surface area contributed by atoms with Gasteiger partial charge in [-0.3, -0.25) is 9.59 Å². The predicted molar refractivity (Wildman–Crippen MR) is 114 cm³/mol. The van der Waals surface area contributed by atoms with E-state index in [1.807, 2.05) is 13.8 Å². The minimum absolute atomic E-state index is 0.156. The summed E-state index contributed by atoms with van der Waals surface area (Å²) in [5.41, 5.74) is 1.32. The molecular weight excluding hydrogens is 386 g/mol. The van der Waals surface area contributed by atoms with E-state index in [1.165, 1.54) is 0 Å². The Balaban J connectivity index is 1.56. The molecule has 2 aromatic rings. The Morgan fingerprint density at radius 3 is 2.37 bits per heavy atom. The van der Waals surface area contributed by atoms with Crippen LogP contribution in [0.3, 0.4) is 0 Å². The molecule has 1 aliphatic rings. The van der Waals surface area contributed by atoms with Crippen LogP contribution in [0.5, 0.6) is 17.2 Å². The number of anilines is 2. The highest BCUT2D eigenvalue weighted by Crippen LogP contribution is 2.32. The number of carbonyl (C=O) groups excluding carboxylic acids is 2. The summed E-state index contributed by atoms with van der Waals surface area (Å²) in [6.07, 6.45) is 0. The van der Waals surface area contributed by atoms with Crippen LogP contribution in [-0.4, -0.2) is 51.3 Å². The number of hydrogen-bond donors (Lipinski definition) is 3. The van der Waals surface area contributed by atoms with Crippen LogP contribution in [0.2, 0.25) is 0 Å². The SMILES string of the molecule is CC[NH+](CC(=O)Nc1ccc(OC)cc1)[C@@H](C)C(=O)Nc1ccc2c(c1)OCCO2. The molecule has 8 heteroatoms. The van der Waals surface area contributed by atoms with Crippen LogP contribution in [0.1, 0.15) is 13.8 Å². The number of likely N-dealkylation sites (N-methyl/N-ethyl adjacent to an activating group) is 1. The van der Waals surface area contributed by atoms with E-state index < -0.39 is 6.04 Å². The third-order valence-corrected chi connectivity index (χ3v) is 5.03. The first-order valence-electron chi connectivity index (χ1n) is 9.99. The molecule has 2 atom stereocenters. The number of ether oxygens (including phenoxy) is 3. The van der Waals surface area contributed by atoms with Crippen molar-refractivity contribution in [3.8, 4) is 17.2 Å². The summed E-state index contributed by atoms with van der Waals surface area (Å²) >= 11 is 0. The number of benzene rings is 2. The topological polar surface area (TPSA) is 90.3 Å². The fraction of sp³-hybridized carbons (Fsp3) is 0.364. The van der Waals surface area contributed by atoms with Crippen LogP contribution in [0.25, 0.3) is 0 Å². The van der Waals surface area contributed by atoms with Gasteiger partial charge in [-0.1, -0.05) is 0 Å². The molecule has 160 valence electrons. The van der Waals surface area contributed by atoms with Gasteiger partial charge < -0.3 is 29.7 Å². The second kappa shape index (κ2) is 9.98. The molecule has 3 rings (SSSR count). The van der Waals surface area contributed by atoms with E-state index in [0.717, 1.165) is 10.6 Å². The standard InChI is InChI=1S/C22H27N3O5/c1-4-25(14-21(26)23-16-5-8-18(28-3)9-6-16)15(2)22(27)24-17-7-10-19-20(13-17)30-12-11-29-19/h5-10,13,15H,4,11-12,14H2,1-3H3,(H,23,26)(H,24,27)/p+1/t15-/m0/s1. The summed E-state index contributed by atoms with van der Waals surface area (Å²) in [6.45, 7) is 5.57. The number of fused-ring (bicyclic) bond motifs is 1. The van der Waals surface area contributed by atoms with Gasteiger partial charge in [-0.05, 0) is 50.2 Å². The van der Waals surface area contributed by atoms with E-state index >= 15 is 0 Å². The van der Waals surface area contributed by atoms with Gasteiger partial charge in [0.2, 0.25) is 0 Å². The van der Waals surface area contributed by atoms with E-state index in [2.05, 4.69) is 10.6 Å². The lowest BCUT2D eigenvalue weighted by Gasteiger charge is -2.24. The van der Waals surface area contributed by atoms with Crippen molar-refractivity contribution in [3.63, 3.8) is 0 Å². The molecule has 0 aliphatic carbocycles. The van der Waals surface area contributed by atoms with Gasteiger partial charge in [0, 0.05) is 17.4 Å². The van der Waals surface area contributed by atoms with Crippen molar-refractivity contribution in [3.05, 3.63) is 42.5 Å². The van der Waals surface area contributed by atoms with Gasteiger partial charge in [-0.2, -0.15) is 0 Å². The fourth-order valence-electron chi connectivity index (χ4n) is 3.23. The Labute approximate surface area is 176 Å². The van der Waals surface area contributed by atoms with Crippen LogP contribution >= 0.6 is 0 Å². The van der Waals surface area contributed by atoms with Gasteiger partial charge in [-0.15, -0.1) is 0 Å². The normalized spacial score (nSPS) is 14.4. The van der Waals surface area contributed by atoms with Crippen molar-refractivity contribution < 1.29 is 28.7 Å². The molecule has 0 saturated carbocycles. The Kier molecular flexibility index (Phi) is 7.13. The third-order valence-electron chi connectivity index (χ3n) is 5.03. The van der Waals surface area contributed by atoms with E-state index in [4.69, 9.17) is 14.2 Å². The maximum absolute atomic E-state index is 12.7. The minimum Gasteiger partial charge on any atom is -0.497 e. The van der Waals surface area contributed by atoms with Crippen molar-refractivity contribution in [2.45, 2.75) is 19.9 Å². The molecule has 1 heterocycles. The molecular formula is C22H28N3O5+. The van der Waals surface area contributed by atoms with Gasteiger partial charge in [0.25, 0.3) is 11.8 Å². The van der Waals surface area contributed by atoms with Gasteiger partial charge in [0.1, 0.15) is 19.0 Å². The van der Waals surface area contributed by atoms with Crippen LogP contribution in [0, 0.1) is 0 Å². The summed E-state index contributed by atoms with van der Waals surface area (Å²) in [4.78, 5) is 26.1.